The zero-order valence-electron chi connectivity index (χ0n) is 7.77. The summed E-state index contributed by atoms with van der Waals surface area (Å²) in [5.41, 5.74) is 2.02. The molecule has 0 aliphatic heterocycles. The molecule has 0 aliphatic rings. The van der Waals surface area contributed by atoms with Crippen LogP contribution in [0.2, 0.25) is 0 Å². The van der Waals surface area contributed by atoms with Gasteiger partial charge in [-0.05, 0) is 30.7 Å². The van der Waals surface area contributed by atoms with Crippen molar-refractivity contribution in [2.45, 2.75) is 6.54 Å². The number of aromatic nitrogens is 3. The summed E-state index contributed by atoms with van der Waals surface area (Å²) in [6.07, 6.45) is 3.52. The molecule has 2 rings (SSSR count). The first-order valence-corrected chi connectivity index (χ1v) is 5.05. The molecule has 5 heteroatoms. The van der Waals surface area contributed by atoms with Gasteiger partial charge in [0.15, 0.2) is 0 Å². The van der Waals surface area contributed by atoms with Crippen LogP contribution in [0.4, 0.5) is 0 Å². The molecule has 2 aromatic rings. The van der Waals surface area contributed by atoms with Crippen molar-refractivity contribution in [3.63, 3.8) is 0 Å². The van der Waals surface area contributed by atoms with Gasteiger partial charge in [0.1, 0.15) is 5.69 Å². The Morgan fingerprint density at radius 2 is 2.14 bits per heavy atom. The Morgan fingerprint density at radius 1 is 1.36 bits per heavy atom. The van der Waals surface area contributed by atoms with Gasteiger partial charge in [0, 0.05) is 24.5 Å². The van der Waals surface area contributed by atoms with Crippen molar-refractivity contribution in [1.82, 2.24) is 19.9 Å². The Morgan fingerprint density at radius 3 is 2.86 bits per heavy atom. The molecule has 0 saturated heterocycles. The van der Waals surface area contributed by atoms with E-state index in [1.807, 2.05) is 19.2 Å². The van der Waals surface area contributed by atoms with Gasteiger partial charge in [0.2, 0.25) is 0 Å². The van der Waals surface area contributed by atoms with Crippen LogP contribution < -0.4 is 5.32 Å². The largest absolute Gasteiger partial charge is 0.315 e. The Kier molecular flexibility index (Phi) is 2.81. The van der Waals surface area contributed by atoms with E-state index in [-0.39, 0.29) is 0 Å². The second kappa shape index (κ2) is 4.26. The lowest BCUT2D eigenvalue weighted by molar-refractivity contribution is 0.830. The molecule has 0 saturated carbocycles. The second-order valence-electron chi connectivity index (χ2n) is 2.81. The van der Waals surface area contributed by atoms with Gasteiger partial charge in [-0.25, -0.2) is 0 Å². The highest BCUT2D eigenvalue weighted by molar-refractivity contribution is 7.05. The van der Waals surface area contributed by atoms with Crippen LogP contribution in [-0.2, 0) is 6.54 Å². The van der Waals surface area contributed by atoms with Gasteiger partial charge in [-0.2, -0.15) is 0 Å². The molecule has 1 N–H and O–H groups in total. The Hall–Kier alpha value is -1.33. The minimum atomic E-state index is 0.801. The molecule has 2 aromatic heterocycles. The number of rotatable bonds is 3. The van der Waals surface area contributed by atoms with Crippen molar-refractivity contribution in [2.75, 3.05) is 7.05 Å². The summed E-state index contributed by atoms with van der Waals surface area (Å²) < 4.78 is 3.95. The minimum absolute atomic E-state index is 0.801. The lowest BCUT2D eigenvalue weighted by Crippen LogP contribution is -2.04. The molecule has 72 valence electrons. The molecule has 0 spiro atoms. The van der Waals surface area contributed by atoms with Crippen LogP contribution in [0.1, 0.15) is 4.88 Å². The molecule has 0 atom stereocenters. The molecule has 0 radical (unpaired) electrons. The van der Waals surface area contributed by atoms with Crippen LogP contribution in [0.15, 0.2) is 24.5 Å². The third kappa shape index (κ3) is 1.78. The van der Waals surface area contributed by atoms with Crippen LogP contribution in [-0.4, -0.2) is 21.6 Å². The van der Waals surface area contributed by atoms with E-state index >= 15 is 0 Å². The van der Waals surface area contributed by atoms with E-state index in [0.717, 1.165) is 22.7 Å². The predicted molar refractivity (Wildman–Crippen MR) is 55.9 cm³/mol. The first kappa shape index (κ1) is 9.23. The van der Waals surface area contributed by atoms with E-state index < -0.39 is 0 Å². The first-order valence-electron chi connectivity index (χ1n) is 4.28. The van der Waals surface area contributed by atoms with E-state index in [1.54, 1.807) is 12.4 Å². The third-order valence-electron chi connectivity index (χ3n) is 1.85. The fourth-order valence-electron chi connectivity index (χ4n) is 1.21. The molecular weight excluding hydrogens is 196 g/mol. The van der Waals surface area contributed by atoms with Crippen LogP contribution >= 0.6 is 11.5 Å². The van der Waals surface area contributed by atoms with Gasteiger partial charge in [-0.3, -0.25) is 4.98 Å². The van der Waals surface area contributed by atoms with Crippen molar-refractivity contribution in [3.05, 3.63) is 29.4 Å². The van der Waals surface area contributed by atoms with Crippen LogP contribution in [0.25, 0.3) is 11.3 Å². The second-order valence-corrected chi connectivity index (χ2v) is 3.65. The fraction of sp³-hybridized carbons (Fsp3) is 0.222. The monoisotopic (exact) mass is 206 g/mol. The van der Waals surface area contributed by atoms with Gasteiger partial charge < -0.3 is 5.32 Å². The Bertz CT molecular complexity index is 398. The molecule has 2 heterocycles. The Balaban J connectivity index is 2.37. The first-order chi connectivity index (χ1) is 6.92. The summed E-state index contributed by atoms with van der Waals surface area (Å²) in [7, 11) is 1.91. The van der Waals surface area contributed by atoms with Gasteiger partial charge >= 0.3 is 0 Å². The number of nitrogens with zero attached hydrogens (tertiary/aromatic N) is 3. The Labute approximate surface area is 86.2 Å². The smallest absolute Gasteiger partial charge is 0.110 e. The topological polar surface area (TPSA) is 50.7 Å². The highest BCUT2D eigenvalue weighted by Crippen LogP contribution is 2.22. The normalized spacial score (nSPS) is 10.4. The molecule has 14 heavy (non-hydrogen) atoms. The SMILES string of the molecule is CNCc1snnc1-c1ccncc1. The van der Waals surface area contributed by atoms with Crippen molar-refractivity contribution >= 4 is 11.5 Å². The van der Waals surface area contributed by atoms with Crippen molar-refractivity contribution in [3.8, 4) is 11.3 Å². The quantitative estimate of drug-likeness (QED) is 0.823. The minimum Gasteiger partial charge on any atom is -0.315 e. The highest BCUT2D eigenvalue weighted by atomic mass is 32.1. The molecular formula is C9H10N4S. The van der Waals surface area contributed by atoms with Gasteiger partial charge in [0.25, 0.3) is 0 Å². The average Bonchev–Trinajstić information content (AvgIpc) is 2.68. The maximum Gasteiger partial charge on any atom is 0.110 e. The summed E-state index contributed by atoms with van der Waals surface area (Å²) >= 11 is 1.42. The van der Waals surface area contributed by atoms with E-state index in [0.29, 0.717) is 0 Å². The summed E-state index contributed by atoms with van der Waals surface area (Å²) in [6, 6.07) is 3.88. The molecule has 0 amide bonds. The summed E-state index contributed by atoms with van der Waals surface area (Å²) in [4.78, 5) is 5.12. The van der Waals surface area contributed by atoms with E-state index in [9.17, 15) is 0 Å². The summed E-state index contributed by atoms with van der Waals surface area (Å²) in [5, 5.41) is 7.20. The number of hydrogen-bond acceptors (Lipinski definition) is 5. The number of nitrogens with one attached hydrogen (secondary N) is 1. The van der Waals surface area contributed by atoms with Crippen molar-refractivity contribution in [2.24, 2.45) is 0 Å². The summed E-state index contributed by atoms with van der Waals surface area (Å²) in [5.74, 6) is 0. The van der Waals surface area contributed by atoms with E-state index in [1.165, 1.54) is 11.5 Å². The lowest BCUT2D eigenvalue weighted by atomic mass is 10.2. The standard InChI is InChI=1S/C9H10N4S/c1-10-6-8-9(12-13-14-8)7-2-4-11-5-3-7/h2-5,10H,6H2,1H3. The van der Waals surface area contributed by atoms with E-state index in [2.05, 4.69) is 19.9 Å². The van der Waals surface area contributed by atoms with Crippen LogP contribution in [0.3, 0.4) is 0 Å². The average molecular weight is 206 g/mol. The third-order valence-corrected chi connectivity index (χ3v) is 2.57. The molecule has 0 bridgehead atoms. The van der Waals surface area contributed by atoms with Crippen molar-refractivity contribution < 1.29 is 0 Å². The molecule has 0 aliphatic carbocycles. The molecule has 4 nitrogen and oxygen atoms in total. The highest BCUT2D eigenvalue weighted by Gasteiger charge is 2.08. The fourth-order valence-corrected chi connectivity index (χ4v) is 1.89. The lowest BCUT2D eigenvalue weighted by Gasteiger charge is -1.98. The maximum absolute atomic E-state index is 4.11. The zero-order chi connectivity index (χ0) is 9.80. The number of pyridine rings is 1. The molecule has 0 aromatic carbocycles. The van der Waals surface area contributed by atoms with Gasteiger partial charge in [-0.1, -0.05) is 4.49 Å². The molecule has 0 fully saturated rings. The maximum atomic E-state index is 4.11. The van der Waals surface area contributed by atoms with Crippen LogP contribution in [0.5, 0.6) is 0 Å². The van der Waals surface area contributed by atoms with Crippen molar-refractivity contribution in [1.29, 1.82) is 0 Å². The van der Waals surface area contributed by atoms with E-state index in [4.69, 9.17) is 0 Å². The van der Waals surface area contributed by atoms with Gasteiger partial charge in [0.05, 0.1) is 4.88 Å². The molecule has 0 unspecified atom stereocenters. The van der Waals surface area contributed by atoms with Crippen LogP contribution in [0, 0.1) is 0 Å². The van der Waals surface area contributed by atoms with Gasteiger partial charge in [-0.15, -0.1) is 5.10 Å². The predicted octanol–water partition coefficient (Wildman–Crippen LogP) is 1.32. The zero-order valence-corrected chi connectivity index (χ0v) is 8.58. The summed E-state index contributed by atoms with van der Waals surface area (Å²) in [6.45, 7) is 0.801. The number of hydrogen-bond donors (Lipinski definition) is 1.